The van der Waals surface area contributed by atoms with Crippen molar-refractivity contribution in [2.75, 3.05) is 19.5 Å². The van der Waals surface area contributed by atoms with Crippen LogP contribution < -0.4 is 14.8 Å². The zero-order chi connectivity index (χ0) is 19.5. The van der Waals surface area contributed by atoms with Crippen molar-refractivity contribution in [3.63, 3.8) is 0 Å². The van der Waals surface area contributed by atoms with E-state index in [1.165, 1.54) is 32.1 Å². The first-order chi connectivity index (χ1) is 13.7. The van der Waals surface area contributed by atoms with Crippen LogP contribution in [-0.4, -0.2) is 29.7 Å². The predicted octanol–water partition coefficient (Wildman–Crippen LogP) is 4.81. The van der Waals surface area contributed by atoms with E-state index in [0.29, 0.717) is 23.1 Å². The third kappa shape index (κ3) is 3.54. The topological polar surface area (TPSA) is 65.4 Å². The van der Waals surface area contributed by atoms with Gasteiger partial charge in [0.15, 0.2) is 11.5 Å². The molecule has 6 heteroatoms. The van der Waals surface area contributed by atoms with Gasteiger partial charge >= 0.3 is 0 Å². The van der Waals surface area contributed by atoms with E-state index in [0.717, 1.165) is 16.7 Å². The number of hydrogen-bond donors (Lipinski definition) is 1. The molecule has 1 fully saturated rings. The smallest absolute Gasteiger partial charge is 0.255 e. The number of nitrogens with zero attached hydrogens (tertiary/aromatic N) is 2. The van der Waals surface area contributed by atoms with Crippen LogP contribution in [0.15, 0.2) is 42.7 Å². The van der Waals surface area contributed by atoms with E-state index in [-0.39, 0.29) is 5.91 Å². The van der Waals surface area contributed by atoms with E-state index >= 15 is 0 Å². The summed E-state index contributed by atoms with van der Waals surface area (Å²) in [4.78, 5) is 17.2. The number of ether oxygens (including phenoxy) is 2. The molecule has 1 amide bonds. The minimum Gasteiger partial charge on any atom is -0.493 e. The molecule has 1 heterocycles. The Kier molecular flexibility index (Phi) is 5.19. The second kappa shape index (κ2) is 7.92. The maximum Gasteiger partial charge on any atom is 0.255 e. The van der Waals surface area contributed by atoms with Gasteiger partial charge in [-0.15, -0.1) is 0 Å². The normalized spacial score (nSPS) is 14.8. The van der Waals surface area contributed by atoms with Crippen LogP contribution in [0, 0.1) is 0 Å². The zero-order valence-electron chi connectivity index (χ0n) is 16.3. The fraction of sp³-hybridized carbons (Fsp3) is 0.364. The molecule has 0 aliphatic heterocycles. The fourth-order valence-electron chi connectivity index (χ4n) is 3.94. The van der Waals surface area contributed by atoms with Crippen LogP contribution in [0.4, 0.5) is 5.69 Å². The molecule has 0 saturated heterocycles. The first-order valence-electron chi connectivity index (χ1n) is 9.69. The first kappa shape index (κ1) is 18.3. The van der Waals surface area contributed by atoms with Crippen LogP contribution in [-0.2, 0) is 0 Å². The van der Waals surface area contributed by atoms with Gasteiger partial charge in [-0.3, -0.25) is 4.79 Å². The molecule has 4 rings (SSSR count). The molecule has 1 aliphatic carbocycles. The minimum absolute atomic E-state index is 0.202. The first-order valence-corrected chi connectivity index (χ1v) is 9.69. The van der Waals surface area contributed by atoms with Gasteiger partial charge < -0.3 is 19.4 Å². The number of anilines is 1. The van der Waals surface area contributed by atoms with Crippen molar-refractivity contribution < 1.29 is 14.3 Å². The Balaban J connectivity index is 1.54. The Morgan fingerprint density at radius 2 is 1.82 bits per heavy atom. The molecule has 0 bridgehead atoms. The Morgan fingerprint density at radius 3 is 2.57 bits per heavy atom. The second-order valence-corrected chi connectivity index (χ2v) is 7.17. The molecular weight excluding hydrogens is 354 g/mol. The van der Waals surface area contributed by atoms with Crippen molar-refractivity contribution >= 4 is 22.6 Å². The fourth-order valence-corrected chi connectivity index (χ4v) is 3.94. The van der Waals surface area contributed by atoms with Crippen molar-refractivity contribution in [2.24, 2.45) is 0 Å². The molecule has 28 heavy (non-hydrogen) atoms. The van der Waals surface area contributed by atoms with Crippen LogP contribution in [0.2, 0.25) is 0 Å². The van der Waals surface area contributed by atoms with Gasteiger partial charge in [-0.1, -0.05) is 19.3 Å². The number of fused-ring (bicyclic) bond motifs is 1. The average Bonchev–Trinajstić information content (AvgIpc) is 3.17. The minimum atomic E-state index is -0.202. The number of carbonyl (C=O) groups excluding carboxylic acids is 1. The van der Waals surface area contributed by atoms with Crippen LogP contribution >= 0.6 is 0 Å². The number of aromatic nitrogens is 2. The van der Waals surface area contributed by atoms with Gasteiger partial charge in [0.05, 0.1) is 31.6 Å². The number of hydrogen-bond acceptors (Lipinski definition) is 4. The molecule has 1 N–H and O–H groups in total. The monoisotopic (exact) mass is 379 g/mol. The summed E-state index contributed by atoms with van der Waals surface area (Å²) in [6, 6.07) is 11.5. The third-order valence-electron chi connectivity index (χ3n) is 5.45. The van der Waals surface area contributed by atoms with Crippen molar-refractivity contribution in [1.29, 1.82) is 0 Å². The number of imidazole rings is 1. The van der Waals surface area contributed by atoms with E-state index in [2.05, 4.69) is 14.9 Å². The highest BCUT2D eigenvalue weighted by molar-refractivity contribution is 6.05. The van der Waals surface area contributed by atoms with Crippen LogP contribution in [0.5, 0.6) is 11.5 Å². The molecule has 146 valence electrons. The predicted molar refractivity (Wildman–Crippen MR) is 109 cm³/mol. The molecule has 6 nitrogen and oxygen atoms in total. The standard InChI is InChI=1S/C22H25N3O3/c1-27-20-11-8-15(12-21(20)28-2)22(26)24-16-9-10-19-18(13-16)23-14-25(19)17-6-4-3-5-7-17/h8-14,17H,3-7H2,1-2H3,(H,24,26). The summed E-state index contributed by atoms with van der Waals surface area (Å²) < 4.78 is 12.8. The van der Waals surface area contributed by atoms with E-state index in [1.807, 2.05) is 24.5 Å². The van der Waals surface area contributed by atoms with Gasteiger partial charge in [0.25, 0.3) is 5.91 Å². The van der Waals surface area contributed by atoms with Crippen molar-refractivity contribution in [2.45, 2.75) is 38.1 Å². The van der Waals surface area contributed by atoms with Gasteiger partial charge in [-0.05, 0) is 49.2 Å². The lowest BCUT2D eigenvalue weighted by molar-refractivity contribution is 0.102. The molecule has 3 aromatic rings. The number of benzene rings is 2. The molecular formula is C22H25N3O3. The highest BCUT2D eigenvalue weighted by atomic mass is 16.5. The lowest BCUT2D eigenvalue weighted by Crippen LogP contribution is -2.12. The van der Waals surface area contributed by atoms with E-state index in [1.54, 1.807) is 32.4 Å². The molecule has 0 spiro atoms. The lowest BCUT2D eigenvalue weighted by atomic mass is 9.95. The Morgan fingerprint density at radius 1 is 1.04 bits per heavy atom. The van der Waals surface area contributed by atoms with Crippen LogP contribution in [0.1, 0.15) is 48.5 Å². The summed E-state index contributed by atoms with van der Waals surface area (Å²) in [6.45, 7) is 0. The summed E-state index contributed by atoms with van der Waals surface area (Å²) in [6.07, 6.45) is 8.25. The number of carbonyl (C=O) groups is 1. The lowest BCUT2D eigenvalue weighted by Gasteiger charge is -2.23. The summed E-state index contributed by atoms with van der Waals surface area (Å²) in [5, 5.41) is 2.94. The maximum atomic E-state index is 12.6. The number of methoxy groups -OCH3 is 2. The molecule has 1 aliphatic rings. The van der Waals surface area contributed by atoms with Crippen molar-refractivity contribution in [3.8, 4) is 11.5 Å². The van der Waals surface area contributed by atoms with Gasteiger partial charge in [0, 0.05) is 17.3 Å². The van der Waals surface area contributed by atoms with Gasteiger partial charge in [0.2, 0.25) is 0 Å². The van der Waals surface area contributed by atoms with Gasteiger partial charge in [-0.25, -0.2) is 4.98 Å². The van der Waals surface area contributed by atoms with Crippen LogP contribution in [0.3, 0.4) is 0 Å². The second-order valence-electron chi connectivity index (χ2n) is 7.17. The van der Waals surface area contributed by atoms with Gasteiger partial charge in [0.1, 0.15) is 0 Å². The summed E-state index contributed by atoms with van der Waals surface area (Å²) in [5.74, 6) is 0.914. The van der Waals surface area contributed by atoms with Gasteiger partial charge in [-0.2, -0.15) is 0 Å². The quantitative estimate of drug-likeness (QED) is 0.691. The molecule has 0 unspecified atom stereocenters. The highest BCUT2D eigenvalue weighted by Gasteiger charge is 2.18. The molecule has 0 atom stereocenters. The average molecular weight is 379 g/mol. The molecule has 1 aromatic heterocycles. The summed E-state index contributed by atoms with van der Waals surface area (Å²) in [7, 11) is 3.12. The molecule has 2 aromatic carbocycles. The summed E-state index contributed by atoms with van der Waals surface area (Å²) in [5.41, 5.74) is 3.25. The van der Waals surface area contributed by atoms with E-state index < -0.39 is 0 Å². The third-order valence-corrected chi connectivity index (χ3v) is 5.45. The SMILES string of the molecule is COc1ccc(C(=O)Nc2ccc3c(c2)ncn3C2CCCCC2)cc1OC. The zero-order valence-corrected chi connectivity index (χ0v) is 16.3. The number of nitrogens with one attached hydrogen (secondary N) is 1. The molecule has 0 radical (unpaired) electrons. The van der Waals surface area contributed by atoms with Crippen LogP contribution in [0.25, 0.3) is 11.0 Å². The van der Waals surface area contributed by atoms with E-state index in [4.69, 9.17) is 9.47 Å². The largest absolute Gasteiger partial charge is 0.493 e. The highest BCUT2D eigenvalue weighted by Crippen LogP contribution is 2.32. The number of amides is 1. The Labute approximate surface area is 164 Å². The Hall–Kier alpha value is -3.02. The maximum absolute atomic E-state index is 12.6. The molecule has 1 saturated carbocycles. The van der Waals surface area contributed by atoms with Crippen molar-refractivity contribution in [1.82, 2.24) is 9.55 Å². The Bertz CT molecular complexity index is 990. The summed E-state index contributed by atoms with van der Waals surface area (Å²) >= 11 is 0. The number of rotatable bonds is 5. The van der Waals surface area contributed by atoms with E-state index in [9.17, 15) is 4.79 Å². The van der Waals surface area contributed by atoms with Crippen molar-refractivity contribution in [3.05, 3.63) is 48.3 Å².